The van der Waals surface area contributed by atoms with Gasteiger partial charge in [-0.15, -0.1) is 0 Å². The Labute approximate surface area is 217 Å². The van der Waals surface area contributed by atoms with Gasteiger partial charge in [-0.1, -0.05) is 23.2 Å². The fourth-order valence-corrected chi connectivity index (χ4v) is 4.88. The van der Waals surface area contributed by atoms with Gasteiger partial charge in [-0.05, 0) is 37.1 Å². The summed E-state index contributed by atoms with van der Waals surface area (Å²) in [4.78, 5) is 37.3. The number of primary amides is 1. The van der Waals surface area contributed by atoms with Gasteiger partial charge in [0.25, 0.3) is 12.0 Å². The molecule has 1 saturated carbocycles. The summed E-state index contributed by atoms with van der Waals surface area (Å²) in [6.45, 7) is 0. The van der Waals surface area contributed by atoms with E-state index in [-0.39, 0.29) is 45.8 Å². The van der Waals surface area contributed by atoms with Crippen molar-refractivity contribution in [2.24, 2.45) is 5.73 Å². The quantitative estimate of drug-likeness (QED) is 0.341. The van der Waals surface area contributed by atoms with Crippen molar-refractivity contribution in [3.8, 4) is 22.9 Å². The molecule has 3 aromatic rings. The number of aromatic hydroxyl groups is 1. The minimum atomic E-state index is -3.26. The van der Waals surface area contributed by atoms with Crippen LogP contribution in [0.5, 0.6) is 17.2 Å². The van der Waals surface area contributed by atoms with Crippen LogP contribution >= 0.6 is 23.2 Å². The third kappa shape index (κ3) is 4.90. The van der Waals surface area contributed by atoms with E-state index in [1.54, 1.807) is 4.98 Å². The molecule has 0 bridgehead atoms. The molecule has 0 spiro atoms. The maximum atomic E-state index is 13.1. The van der Waals surface area contributed by atoms with Crippen molar-refractivity contribution in [1.29, 1.82) is 0 Å². The number of halogens is 4. The molecule has 12 nitrogen and oxygen atoms in total. The maximum Gasteiger partial charge on any atom is 0.349 e. The number of phenols is 1. The summed E-state index contributed by atoms with van der Waals surface area (Å²) >= 11 is 9.48. The Bertz CT molecular complexity index is 1540. The number of carbonyl (C=O) groups is 1. The van der Waals surface area contributed by atoms with Crippen molar-refractivity contribution in [3.63, 3.8) is 0 Å². The number of phenolic OH excluding ortho intramolecular Hbond substituents is 1. The number of anilines is 1. The molecule has 1 unspecified atom stereocenters. The van der Waals surface area contributed by atoms with Gasteiger partial charge in [-0.3, -0.25) is 23.1 Å². The Kier molecular flexibility index (Phi) is 6.98. The van der Waals surface area contributed by atoms with Crippen molar-refractivity contribution in [1.82, 2.24) is 14.8 Å². The Morgan fingerprint density at radius 3 is 2.41 bits per heavy atom. The topological polar surface area (TPSA) is 184 Å². The molecule has 4 rings (SSSR count). The number of alkyl halides is 2. The summed E-state index contributed by atoms with van der Waals surface area (Å²) in [7, 11) is 0. The predicted octanol–water partition coefficient (Wildman–Crippen LogP) is 2.28. The number of H-pyrrole nitrogens is 1. The second-order valence-electron chi connectivity index (χ2n) is 7.76. The van der Waals surface area contributed by atoms with Gasteiger partial charge in [0.1, 0.15) is 17.0 Å². The summed E-state index contributed by atoms with van der Waals surface area (Å²) < 4.78 is 56.7. The number of hydrogen-bond acceptors (Lipinski definition) is 8. The van der Waals surface area contributed by atoms with Gasteiger partial charge in [-0.25, -0.2) is 13.6 Å². The van der Waals surface area contributed by atoms with Gasteiger partial charge in [0.15, 0.2) is 11.4 Å². The SMILES string of the molecule is NC(=O)C1(N(c2cc(Oc3c(Cl)cc(-n4nc(C(F)F)c(=O)[nH]c4=O)cc3Cl)ccc2O)S(=O)[O-])CC1. The van der Waals surface area contributed by atoms with Crippen LogP contribution in [0, 0.1) is 0 Å². The van der Waals surface area contributed by atoms with Gasteiger partial charge in [0, 0.05) is 17.3 Å². The molecular weight excluding hydrogens is 563 g/mol. The zero-order valence-corrected chi connectivity index (χ0v) is 20.4. The van der Waals surface area contributed by atoms with Gasteiger partial charge >= 0.3 is 5.69 Å². The molecule has 1 atom stereocenters. The zero-order chi connectivity index (χ0) is 27.2. The van der Waals surface area contributed by atoms with Crippen LogP contribution in [0.1, 0.15) is 25.0 Å². The average molecular weight is 577 g/mol. The molecule has 0 radical (unpaired) electrons. The first kappa shape index (κ1) is 26.5. The van der Waals surface area contributed by atoms with E-state index in [2.05, 4.69) is 5.10 Å². The molecule has 17 heteroatoms. The molecular formula is C20H14Cl2F2N5O7S-. The molecule has 1 amide bonds. The predicted molar refractivity (Wildman–Crippen MR) is 126 cm³/mol. The first-order valence-corrected chi connectivity index (χ1v) is 11.9. The van der Waals surface area contributed by atoms with Gasteiger partial charge in [-0.2, -0.15) is 9.78 Å². The number of carbonyl (C=O) groups excluding carboxylic acids is 1. The van der Waals surface area contributed by atoms with Crippen LogP contribution in [0.25, 0.3) is 5.69 Å². The van der Waals surface area contributed by atoms with Crippen molar-refractivity contribution < 1.29 is 32.2 Å². The van der Waals surface area contributed by atoms with E-state index in [9.17, 15) is 37.0 Å². The Morgan fingerprint density at radius 2 is 1.89 bits per heavy atom. The Balaban J connectivity index is 1.72. The standard InChI is InChI=1S/C20H15Cl2F2N5O7S/c21-10-5-8(28-19(33)26-17(31)14(27-28)16(23)24)6-11(22)15(10)36-9-1-2-13(30)12(7-9)29(37(34)35)20(3-4-20)18(25)32/h1-2,5-7,16,30H,3-4H2,(H2,25,32)(H,34,35)(H,26,31,33)/p-1. The van der Waals surface area contributed by atoms with Gasteiger partial charge in [0.05, 0.1) is 21.4 Å². The monoisotopic (exact) mass is 576 g/mol. The third-order valence-corrected chi connectivity index (χ3v) is 6.80. The highest BCUT2D eigenvalue weighted by molar-refractivity contribution is 7.80. The van der Waals surface area contributed by atoms with Crippen molar-refractivity contribution in [2.75, 3.05) is 4.31 Å². The number of rotatable bonds is 8. The normalized spacial score (nSPS) is 14.9. The minimum absolute atomic E-state index is 0.0700. The van der Waals surface area contributed by atoms with E-state index in [4.69, 9.17) is 33.7 Å². The van der Waals surface area contributed by atoms with Crippen molar-refractivity contribution >= 4 is 46.1 Å². The van der Waals surface area contributed by atoms with E-state index < -0.39 is 51.8 Å². The molecule has 1 fully saturated rings. The third-order valence-electron chi connectivity index (χ3n) is 5.39. The van der Waals surface area contributed by atoms with Gasteiger partial charge in [0.2, 0.25) is 5.91 Å². The Morgan fingerprint density at radius 1 is 1.27 bits per heavy atom. The van der Waals surface area contributed by atoms with Crippen molar-refractivity contribution in [3.05, 3.63) is 66.9 Å². The van der Waals surface area contributed by atoms with Crippen LogP contribution < -0.4 is 26.0 Å². The summed E-state index contributed by atoms with van der Waals surface area (Å²) in [5.41, 5.74) is -0.320. The second kappa shape index (κ2) is 9.74. The molecule has 37 heavy (non-hydrogen) atoms. The van der Waals surface area contributed by atoms with Gasteiger partial charge < -0.3 is 20.1 Å². The second-order valence-corrected chi connectivity index (χ2v) is 9.37. The molecule has 1 aliphatic carbocycles. The largest absolute Gasteiger partial charge is 0.755 e. The number of nitrogens with one attached hydrogen (secondary N) is 1. The number of hydrogen-bond donors (Lipinski definition) is 3. The first-order chi connectivity index (χ1) is 17.4. The smallest absolute Gasteiger partial charge is 0.349 e. The number of aromatic amines is 1. The zero-order valence-electron chi connectivity index (χ0n) is 18.1. The number of ether oxygens (including phenoxy) is 1. The van der Waals surface area contributed by atoms with E-state index in [1.165, 1.54) is 6.07 Å². The molecule has 2 aromatic carbocycles. The molecule has 196 valence electrons. The fourth-order valence-electron chi connectivity index (χ4n) is 3.47. The van der Waals surface area contributed by atoms with Crippen LogP contribution in [-0.4, -0.2) is 40.1 Å². The number of nitrogens with zero attached hydrogens (tertiary/aromatic N) is 3. The van der Waals surface area contributed by atoms with E-state index in [0.717, 1.165) is 24.3 Å². The minimum Gasteiger partial charge on any atom is -0.755 e. The molecule has 1 heterocycles. The fraction of sp³-hybridized carbons (Fsp3) is 0.200. The summed E-state index contributed by atoms with van der Waals surface area (Å²) in [6.07, 6.45) is -2.98. The highest BCUT2D eigenvalue weighted by Gasteiger charge is 2.55. The van der Waals surface area contributed by atoms with Crippen LogP contribution in [0.15, 0.2) is 39.9 Å². The van der Waals surface area contributed by atoms with E-state index >= 15 is 0 Å². The first-order valence-electron chi connectivity index (χ1n) is 10.1. The number of aromatic nitrogens is 3. The number of benzene rings is 2. The lowest BCUT2D eigenvalue weighted by Gasteiger charge is -2.33. The number of nitrogens with two attached hydrogens (primary N) is 1. The van der Waals surface area contributed by atoms with Crippen molar-refractivity contribution in [2.45, 2.75) is 24.8 Å². The highest BCUT2D eigenvalue weighted by Crippen LogP contribution is 2.48. The van der Waals surface area contributed by atoms with Crippen LogP contribution in [0.3, 0.4) is 0 Å². The average Bonchev–Trinajstić information content (AvgIpc) is 3.59. The molecule has 1 aromatic heterocycles. The van der Waals surface area contributed by atoms with E-state index in [1.807, 2.05) is 0 Å². The molecule has 0 aliphatic heterocycles. The summed E-state index contributed by atoms with van der Waals surface area (Å²) in [5.74, 6) is -1.65. The maximum absolute atomic E-state index is 13.1. The molecule has 0 saturated heterocycles. The summed E-state index contributed by atoms with van der Waals surface area (Å²) in [6, 6.07) is 5.65. The summed E-state index contributed by atoms with van der Waals surface area (Å²) in [5, 5.41) is 13.2. The lowest BCUT2D eigenvalue weighted by molar-refractivity contribution is -0.119. The lowest BCUT2D eigenvalue weighted by atomic mass is 10.2. The Hall–Kier alpha value is -3.53. The van der Waals surface area contributed by atoms with E-state index in [0.29, 0.717) is 8.99 Å². The molecule has 1 aliphatic rings. The van der Waals surface area contributed by atoms with Crippen LogP contribution in [0.2, 0.25) is 10.0 Å². The number of amides is 1. The van der Waals surface area contributed by atoms with Crippen LogP contribution in [-0.2, 0) is 16.1 Å². The lowest BCUT2D eigenvalue weighted by Crippen LogP contribution is -2.48. The highest BCUT2D eigenvalue weighted by atomic mass is 35.5. The molecule has 4 N–H and O–H groups in total. The van der Waals surface area contributed by atoms with Crippen LogP contribution in [0.4, 0.5) is 14.5 Å².